The summed E-state index contributed by atoms with van der Waals surface area (Å²) in [7, 11) is 0. The molecular formula is C15H21NO4. The Morgan fingerprint density at radius 1 is 1.45 bits per heavy atom. The van der Waals surface area contributed by atoms with Crippen molar-refractivity contribution in [3.63, 3.8) is 0 Å². The molecule has 20 heavy (non-hydrogen) atoms. The van der Waals surface area contributed by atoms with Gasteiger partial charge in [-0.15, -0.1) is 0 Å². The summed E-state index contributed by atoms with van der Waals surface area (Å²) in [6, 6.07) is 1.30. The first-order valence-electron chi connectivity index (χ1n) is 7.17. The number of furan rings is 1. The normalized spacial score (nSPS) is 18.8. The molecular weight excluding hydrogens is 258 g/mol. The second-order valence-electron chi connectivity index (χ2n) is 5.38. The molecule has 1 aromatic heterocycles. The van der Waals surface area contributed by atoms with Crippen LogP contribution in [-0.4, -0.2) is 35.0 Å². The Kier molecular flexibility index (Phi) is 4.47. The highest BCUT2D eigenvalue weighted by molar-refractivity contribution is 5.95. The first-order valence-corrected chi connectivity index (χ1v) is 7.17. The summed E-state index contributed by atoms with van der Waals surface area (Å²) >= 11 is 0. The minimum Gasteiger partial charge on any atom is -0.478 e. The van der Waals surface area contributed by atoms with Crippen molar-refractivity contribution in [2.75, 3.05) is 13.1 Å². The average molecular weight is 279 g/mol. The topological polar surface area (TPSA) is 70.8 Å². The number of hydrogen-bond donors (Lipinski definition) is 1. The van der Waals surface area contributed by atoms with Gasteiger partial charge in [0, 0.05) is 19.2 Å². The number of hydrogen-bond acceptors (Lipinski definition) is 3. The van der Waals surface area contributed by atoms with E-state index in [-0.39, 0.29) is 17.2 Å². The van der Waals surface area contributed by atoms with E-state index in [0.717, 1.165) is 38.6 Å². The molecule has 1 fully saturated rings. The maximum absolute atomic E-state index is 12.3. The molecule has 1 amide bonds. The van der Waals surface area contributed by atoms with Crippen LogP contribution in [0.2, 0.25) is 0 Å². The van der Waals surface area contributed by atoms with Crippen LogP contribution in [0.25, 0.3) is 0 Å². The second kappa shape index (κ2) is 6.11. The van der Waals surface area contributed by atoms with E-state index in [1.165, 1.54) is 6.07 Å². The number of nitrogens with zero attached hydrogens (tertiary/aromatic N) is 1. The van der Waals surface area contributed by atoms with E-state index in [4.69, 9.17) is 9.52 Å². The third-order valence-electron chi connectivity index (χ3n) is 4.28. The van der Waals surface area contributed by atoms with E-state index in [1.54, 1.807) is 4.90 Å². The molecule has 1 aliphatic rings. The fourth-order valence-electron chi connectivity index (χ4n) is 3.03. The van der Waals surface area contributed by atoms with Crippen LogP contribution < -0.4 is 0 Å². The highest BCUT2D eigenvalue weighted by Gasteiger charge is 2.32. The third-order valence-corrected chi connectivity index (χ3v) is 4.28. The van der Waals surface area contributed by atoms with Crippen molar-refractivity contribution in [3.05, 3.63) is 23.7 Å². The lowest BCUT2D eigenvalue weighted by atomic mass is 9.87. The summed E-state index contributed by atoms with van der Waals surface area (Å²) in [6.07, 6.45) is 4.40. The van der Waals surface area contributed by atoms with Gasteiger partial charge in [0.15, 0.2) is 5.76 Å². The molecule has 0 unspecified atom stereocenters. The van der Waals surface area contributed by atoms with E-state index >= 15 is 0 Å². The van der Waals surface area contributed by atoms with Crippen molar-refractivity contribution in [1.29, 1.82) is 0 Å². The van der Waals surface area contributed by atoms with Crippen molar-refractivity contribution in [3.8, 4) is 0 Å². The minimum atomic E-state index is -1.08. The van der Waals surface area contributed by atoms with Gasteiger partial charge in [-0.3, -0.25) is 4.79 Å². The van der Waals surface area contributed by atoms with Gasteiger partial charge >= 0.3 is 5.97 Å². The highest BCUT2D eigenvalue weighted by Crippen LogP contribution is 2.29. The summed E-state index contributed by atoms with van der Waals surface area (Å²) in [6.45, 7) is 5.84. The third kappa shape index (κ3) is 2.86. The van der Waals surface area contributed by atoms with Crippen molar-refractivity contribution in [2.45, 2.75) is 33.1 Å². The van der Waals surface area contributed by atoms with Gasteiger partial charge in [-0.25, -0.2) is 4.79 Å². The number of carbonyl (C=O) groups excluding carboxylic acids is 1. The molecule has 2 heterocycles. The summed E-state index contributed by atoms with van der Waals surface area (Å²) in [5.41, 5.74) is 0.0177. The quantitative estimate of drug-likeness (QED) is 0.899. The van der Waals surface area contributed by atoms with E-state index < -0.39 is 5.97 Å². The molecule has 0 saturated carbocycles. The summed E-state index contributed by atoms with van der Waals surface area (Å²) in [5, 5.41) is 8.84. The number of amides is 1. The monoisotopic (exact) mass is 279 g/mol. The summed E-state index contributed by atoms with van der Waals surface area (Å²) in [4.78, 5) is 24.8. The maximum Gasteiger partial charge on any atom is 0.338 e. The predicted octanol–water partition coefficient (Wildman–Crippen LogP) is 2.88. The molecule has 1 aromatic rings. The van der Waals surface area contributed by atoms with Crippen LogP contribution in [0.4, 0.5) is 0 Å². The van der Waals surface area contributed by atoms with E-state index in [0.29, 0.717) is 11.8 Å². The van der Waals surface area contributed by atoms with Crippen LogP contribution in [0.15, 0.2) is 16.7 Å². The largest absolute Gasteiger partial charge is 0.478 e. The van der Waals surface area contributed by atoms with Gasteiger partial charge in [-0.2, -0.15) is 0 Å². The molecule has 1 aliphatic heterocycles. The van der Waals surface area contributed by atoms with Gasteiger partial charge in [0.2, 0.25) is 0 Å². The van der Waals surface area contributed by atoms with Crippen molar-refractivity contribution in [1.82, 2.24) is 4.90 Å². The van der Waals surface area contributed by atoms with Crippen molar-refractivity contribution < 1.29 is 19.1 Å². The molecule has 0 radical (unpaired) electrons. The zero-order valence-corrected chi connectivity index (χ0v) is 12.0. The van der Waals surface area contributed by atoms with Gasteiger partial charge < -0.3 is 14.4 Å². The zero-order chi connectivity index (χ0) is 14.7. The van der Waals surface area contributed by atoms with Gasteiger partial charge in [0.25, 0.3) is 5.91 Å². The van der Waals surface area contributed by atoms with Crippen LogP contribution in [0.3, 0.4) is 0 Å². The molecule has 5 nitrogen and oxygen atoms in total. The van der Waals surface area contributed by atoms with Crippen LogP contribution in [0.1, 0.15) is 54.0 Å². The number of rotatable bonds is 5. The molecule has 0 spiro atoms. The van der Waals surface area contributed by atoms with Gasteiger partial charge in [0.1, 0.15) is 6.26 Å². The smallest absolute Gasteiger partial charge is 0.338 e. The Balaban J connectivity index is 2.02. The Morgan fingerprint density at radius 2 is 2.15 bits per heavy atom. The minimum absolute atomic E-state index is 0.0177. The second-order valence-corrected chi connectivity index (χ2v) is 5.38. The number of carboxylic acids is 1. The SMILES string of the molecule is CCC(CC)[C@@H]1CCN(C(=O)c2cc(C(=O)O)co2)C1. The molecule has 0 bridgehead atoms. The number of likely N-dealkylation sites (tertiary alicyclic amines) is 1. The Bertz CT molecular complexity index is 490. The molecule has 5 heteroatoms. The fourth-order valence-corrected chi connectivity index (χ4v) is 3.03. The highest BCUT2D eigenvalue weighted by atomic mass is 16.4. The first kappa shape index (κ1) is 14.6. The maximum atomic E-state index is 12.3. The van der Waals surface area contributed by atoms with Gasteiger partial charge in [0.05, 0.1) is 5.56 Å². The molecule has 1 saturated heterocycles. The number of aromatic carboxylic acids is 1. The average Bonchev–Trinajstić information content (AvgIpc) is 3.09. The van der Waals surface area contributed by atoms with Crippen LogP contribution in [0.5, 0.6) is 0 Å². The van der Waals surface area contributed by atoms with Crippen LogP contribution in [-0.2, 0) is 0 Å². The predicted molar refractivity (Wildman–Crippen MR) is 73.7 cm³/mol. The zero-order valence-electron chi connectivity index (χ0n) is 12.0. The number of carbonyl (C=O) groups is 2. The first-order chi connectivity index (χ1) is 9.56. The molecule has 1 N–H and O–H groups in total. The molecule has 110 valence electrons. The Labute approximate surface area is 118 Å². The lowest BCUT2D eigenvalue weighted by molar-refractivity contribution is 0.0695. The van der Waals surface area contributed by atoms with E-state index in [2.05, 4.69) is 13.8 Å². The van der Waals surface area contributed by atoms with E-state index in [9.17, 15) is 9.59 Å². The van der Waals surface area contributed by atoms with Crippen LogP contribution in [0, 0.1) is 11.8 Å². The molecule has 0 aliphatic carbocycles. The summed E-state index contributed by atoms with van der Waals surface area (Å²) in [5.74, 6) is 0.0320. The van der Waals surface area contributed by atoms with Crippen molar-refractivity contribution in [2.24, 2.45) is 11.8 Å². The van der Waals surface area contributed by atoms with Gasteiger partial charge in [-0.05, 0) is 18.3 Å². The lowest BCUT2D eigenvalue weighted by Crippen LogP contribution is -2.29. The lowest BCUT2D eigenvalue weighted by Gasteiger charge is -2.21. The fraction of sp³-hybridized carbons (Fsp3) is 0.600. The molecule has 2 rings (SSSR count). The molecule has 0 aromatic carbocycles. The van der Waals surface area contributed by atoms with Crippen LogP contribution >= 0.6 is 0 Å². The Hall–Kier alpha value is -1.78. The standard InChI is InChI=1S/C15H21NO4/c1-3-10(4-2)11-5-6-16(8-11)14(17)13-7-12(9-20-13)15(18)19/h7,9-11H,3-6,8H2,1-2H3,(H,18,19)/t11-/m1/s1. The number of carboxylic acid groups (broad SMARTS) is 1. The van der Waals surface area contributed by atoms with Crippen molar-refractivity contribution >= 4 is 11.9 Å². The molecule has 1 atom stereocenters. The van der Waals surface area contributed by atoms with Gasteiger partial charge in [-0.1, -0.05) is 26.7 Å². The Morgan fingerprint density at radius 3 is 2.70 bits per heavy atom. The van der Waals surface area contributed by atoms with E-state index in [1.807, 2.05) is 0 Å². The summed E-state index contributed by atoms with van der Waals surface area (Å²) < 4.78 is 5.08.